The van der Waals surface area contributed by atoms with Crippen LogP contribution in [0.25, 0.3) is 0 Å². The van der Waals surface area contributed by atoms with Gasteiger partial charge in [-0.1, -0.05) is 63.0 Å². The molecule has 14 atom stereocenters. The van der Waals surface area contributed by atoms with Crippen LogP contribution in [0.5, 0.6) is 0 Å². The van der Waals surface area contributed by atoms with Crippen molar-refractivity contribution in [2.75, 3.05) is 79.3 Å². The molecule has 0 aromatic carbocycles. The van der Waals surface area contributed by atoms with Crippen LogP contribution in [0.4, 0.5) is 0 Å². The van der Waals surface area contributed by atoms with Gasteiger partial charge in [-0.05, 0) is 158 Å². The number of hydrogen-bond donors (Lipinski definition) is 4. The molecule has 6 aliphatic carbocycles. The highest BCUT2D eigenvalue weighted by atomic mass is 16.8. The van der Waals surface area contributed by atoms with Crippen LogP contribution >= 0.6 is 0 Å². The highest BCUT2D eigenvalue weighted by Gasteiger charge is 2.38. The molecule has 12 nitrogen and oxygen atoms in total. The van der Waals surface area contributed by atoms with E-state index in [2.05, 4.69) is 37.8 Å². The molecule has 6 fully saturated rings. The molecule has 12 heteroatoms. The van der Waals surface area contributed by atoms with Gasteiger partial charge in [-0.25, -0.2) is 0 Å². The molecule has 2 saturated heterocycles. The molecule has 0 amide bonds. The third-order valence-electron chi connectivity index (χ3n) is 15.3. The second kappa shape index (κ2) is 29.2. The van der Waals surface area contributed by atoms with Crippen LogP contribution in [-0.2, 0) is 37.9 Å². The minimum atomic E-state index is -0.781. The molecule has 2 aliphatic heterocycles. The van der Waals surface area contributed by atoms with Crippen LogP contribution in [0, 0.1) is 59.2 Å². The summed E-state index contributed by atoms with van der Waals surface area (Å²) in [5.41, 5.74) is 0. The van der Waals surface area contributed by atoms with Crippen LogP contribution in [0.1, 0.15) is 131 Å². The maximum Gasteiger partial charge on any atom is 0.163 e. The second-order valence-electron chi connectivity index (χ2n) is 21.8. The van der Waals surface area contributed by atoms with Gasteiger partial charge in [0.25, 0.3) is 0 Å². The van der Waals surface area contributed by atoms with E-state index in [9.17, 15) is 10.2 Å². The third kappa shape index (κ3) is 20.2. The molecule has 0 aromatic rings. The average Bonchev–Trinajstić information content (AvgIpc) is 4.18. The molecule has 0 spiro atoms. The SMILES string of the molecule is C1=CC2CCC1C2.C=CCOCC1COC(C)(C)O1.CC1(C)OCC(COCC2CC3C=CC2C3)O1.CCC1CCC(CCC2CC(CCCOCC(O)CO)CC2COCC(O)CO)C1. The highest BCUT2D eigenvalue weighted by molar-refractivity contribution is 5.10. The topological polar surface area (TPSA) is 155 Å². The van der Waals surface area contributed by atoms with Gasteiger partial charge in [0.05, 0.1) is 66.1 Å². The average molecular weight is 935 g/mol. The summed E-state index contributed by atoms with van der Waals surface area (Å²) in [6.45, 7) is 18.8. The van der Waals surface area contributed by atoms with Crippen molar-refractivity contribution in [1.29, 1.82) is 0 Å². The second-order valence-corrected chi connectivity index (χ2v) is 21.8. The first-order valence-corrected chi connectivity index (χ1v) is 26.3. The van der Waals surface area contributed by atoms with Crippen molar-refractivity contribution in [2.24, 2.45) is 59.2 Å². The third-order valence-corrected chi connectivity index (χ3v) is 15.3. The predicted molar refractivity (Wildman–Crippen MR) is 258 cm³/mol. The summed E-state index contributed by atoms with van der Waals surface area (Å²) in [5, 5.41) is 36.7. The number of ether oxygens (including phenoxy) is 8. The van der Waals surface area contributed by atoms with E-state index in [1.54, 1.807) is 6.08 Å². The molecule has 8 rings (SSSR count). The summed E-state index contributed by atoms with van der Waals surface area (Å²) in [4.78, 5) is 0. The largest absolute Gasteiger partial charge is 0.394 e. The zero-order valence-corrected chi connectivity index (χ0v) is 41.8. The lowest BCUT2D eigenvalue weighted by atomic mass is 9.87. The molecular weight excluding hydrogens is 841 g/mol. The zero-order valence-electron chi connectivity index (χ0n) is 41.8. The highest BCUT2D eigenvalue weighted by Crippen LogP contribution is 2.45. The summed E-state index contributed by atoms with van der Waals surface area (Å²) in [5.74, 6) is 7.22. The fourth-order valence-electron chi connectivity index (χ4n) is 11.7. The van der Waals surface area contributed by atoms with E-state index in [0.717, 1.165) is 60.9 Å². The Balaban J connectivity index is 0.000000187. The molecule has 382 valence electrons. The predicted octanol–water partition coefficient (Wildman–Crippen LogP) is 8.43. The minimum absolute atomic E-state index is 0.0694. The van der Waals surface area contributed by atoms with Crippen molar-refractivity contribution >= 4 is 0 Å². The van der Waals surface area contributed by atoms with Crippen molar-refractivity contribution in [3.05, 3.63) is 37.0 Å². The maximum absolute atomic E-state index is 9.55. The van der Waals surface area contributed by atoms with Gasteiger partial charge >= 0.3 is 0 Å². The molecule has 14 unspecified atom stereocenters. The van der Waals surface area contributed by atoms with Gasteiger partial charge in [-0.15, -0.1) is 6.58 Å². The lowest BCUT2D eigenvalue weighted by Crippen LogP contribution is -2.25. The molecular formula is C54H94O12. The van der Waals surface area contributed by atoms with Gasteiger partial charge < -0.3 is 58.3 Å². The van der Waals surface area contributed by atoms with Crippen LogP contribution in [0.15, 0.2) is 37.0 Å². The van der Waals surface area contributed by atoms with Crippen LogP contribution in [-0.4, -0.2) is 136 Å². The molecule has 2 heterocycles. The van der Waals surface area contributed by atoms with Crippen molar-refractivity contribution in [3.8, 4) is 0 Å². The Labute approximate surface area is 399 Å². The van der Waals surface area contributed by atoms with E-state index in [1.165, 1.54) is 83.5 Å². The van der Waals surface area contributed by atoms with Gasteiger partial charge in [0.2, 0.25) is 0 Å². The van der Waals surface area contributed by atoms with Gasteiger partial charge in [0.1, 0.15) is 24.4 Å². The summed E-state index contributed by atoms with van der Waals surface area (Å²) >= 11 is 0. The van der Waals surface area contributed by atoms with Gasteiger partial charge in [-0.2, -0.15) is 0 Å². The monoisotopic (exact) mass is 935 g/mol. The number of hydrogen-bond acceptors (Lipinski definition) is 12. The minimum Gasteiger partial charge on any atom is -0.394 e. The van der Waals surface area contributed by atoms with Crippen molar-refractivity contribution < 1.29 is 58.3 Å². The summed E-state index contributed by atoms with van der Waals surface area (Å²) in [7, 11) is 0. The Bertz CT molecular complexity index is 1380. The van der Waals surface area contributed by atoms with E-state index in [0.29, 0.717) is 64.0 Å². The standard InChI is InChI=1S/C24H46O6.C14H22O3.C9H16O3.C7H10/c1-2-18-5-6-19(10-18)7-8-21-11-20(4-3-9-29-16-23(27)13-25)12-22(21)15-30-17-24(28)14-26;1-14(2)16-9-13(17-14)8-15-7-12-6-10-3-4-11(12)5-10;1-4-5-10-6-8-7-11-9(2,3)12-8;1-2-7-4-3-6(1)5-7/h18-28H,2-17H2,1H3;3-4,10-13H,5-9H2,1-2H3;4,8H,1,5-7H2,2-3H3;1-2,6-7H,3-5H2. The number of rotatable bonds is 24. The molecule has 8 aliphatic rings. The number of fused-ring (bicyclic) bond motifs is 4. The molecule has 4 bridgehead atoms. The molecule has 4 N–H and O–H groups in total. The van der Waals surface area contributed by atoms with E-state index in [1.807, 2.05) is 27.7 Å². The van der Waals surface area contributed by atoms with Gasteiger partial charge in [-0.3, -0.25) is 0 Å². The fraction of sp³-hybridized carbons (Fsp3) is 0.889. The quantitative estimate of drug-likeness (QED) is 0.0543. The van der Waals surface area contributed by atoms with Gasteiger partial charge in [0.15, 0.2) is 11.6 Å². The number of aliphatic hydroxyl groups is 4. The number of allylic oxidation sites excluding steroid dienone is 4. The van der Waals surface area contributed by atoms with Crippen LogP contribution < -0.4 is 0 Å². The van der Waals surface area contributed by atoms with Crippen LogP contribution in [0.2, 0.25) is 0 Å². The maximum atomic E-state index is 9.55. The van der Waals surface area contributed by atoms with Crippen LogP contribution in [0.3, 0.4) is 0 Å². The number of aliphatic hydroxyl groups excluding tert-OH is 4. The molecule has 4 saturated carbocycles. The summed E-state index contributed by atoms with van der Waals surface area (Å²) < 4.78 is 44.3. The van der Waals surface area contributed by atoms with E-state index in [4.69, 9.17) is 48.1 Å². The van der Waals surface area contributed by atoms with Crippen molar-refractivity contribution in [1.82, 2.24) is 0 Å². The van der Waals surface area contributed by atoms with Crippen molar-refractivity contribution in [3.63, 3.8) is 0 Å². The van der Waals surface area contributed by atoms with Gasteiger partial charge in [0, 0.05) is 13.2 Å². The molecule has 0 radical (unpaired) electrons. The normalized spacial score (nSPS) is 35.0. The van der Waals surface area contributed by atoms with E-state index < -0.39 is 23.8 Å². The molecule has 0 aromatic heterocycles. The molecule has 66 heavy (non-hydrogen) atoms. The van der Waals surface area contributed by atoms with Crippen molar-refractivity contribution in [2.45, 2.75) is 167 Å². The first-order valence-electron chi connectivity index (χ1n) is 26.3. The Morgan fingerprint density at radius 1 is 0.606 bits per heavy atom. The zero-order chi connectivity index (χ0) is 47.4. The first kappa shape index (κ1) is 55.7. The Morgan fingerprint density at radius 2 is 1.21 bits per heavy atom. The summed E-state index contributed by atoms with van der Waals surface area (Å²) in [6, 6.07) is 0. The van der Waals surface area contributed by atoms with E-state index >= 15 is 0 Å². The lowest BCUT2D eigenvalue weighted by Gasteiger charge is -2.21. The Kier molecular flexibility index (Phi) is 24.6. The Morgan fingerprint density at radius 3 is 1.73 bits per heavy atom. The Hall–Kier alpha value is -1.26. The smallest absolute Gasteiger partial charge is 0.163 e. The summed E-state index contributed by atoms with van der Waals surface area (Å²) in [6.07, 6.45) is 29.6. The first-order chi connectivity index (χ1) is 31.8. The van der Waals surface area contributed by atoms with E-state index in [-0.39, 0.29) is 38.6 Å². The lowest BCUT2D eigenvalue weighted by molar-refractivity contribution is -0.145. The fourth-order valence-corrected chi connectivity index (χ4v) is 11.7.